The second kappa shape index (κ2) is 9.75. The van der Waals surface area contributed by atoms with Crippen LogP contribution in [0.2, 0.25) is 0 Å². The maximum atomic E-state index is 13.4. The zero-order chi connectivity index (χ0) is 26.3. The van der Waals surface area contributed by atoms with Gasteiger partial charge in [0.1, 0.15) is 18.8 Å². The molecule has 2 aromatic carbocycles. The zero-order valence-electron chi connectivity index (χ0n) is 20.5. The van der Waals surface area contributed by atoms with Crippen LogP contribution in [0.5, 0.6) is 0 Å². The molecular weight excluding hydrogens is 476 g/mol. The van der Waals surface area contributed by atoms with Crippen LogP contribution in [0.1, 0.15) is 26.5 Å². The second-order valence-corrected chi connectivity index (χ2v) is 9.34. The summed E-state index contributed by atoms with van der Waals surface area (Å²) in [6.45, 7) is 9.21. The van der Waals surface area contributed by atoms with Gasteiger partial charge in [0.05, 0.1) is 6.54 Å². The molecule has 1 aromatic heterocycles. The van der Waals surface area contributed by atoms with E-state index >= 15 is 0 Å². The highest BCUT2D eigenvalue weighted by atomic mass is 16.6. The summed E-state index contributed by atoms with van der Waals surface area (Å²) in [5, 5.41) is 23.5. The molecule has 2 amide bonds. The number of anilines is 1. The van der Waals surface area contributed by atoms with Crippen molar-refractivity contribution in [3.05, 3.63) is 76.2 Å². The Kier molecular flexibility index (Phi) is 6.48. The van der Waals surface area contributed by atoms with E-state index in [1.165, 1.54) is 4.57 Å². The summed E-state index contributed by atoms with van der Waals surface area (Å²) in [7, 11) is 0. The number of β-amino-alcohol motifs (C(OH)–C–C–N with tert-alkyl or cyclic N) is 1. The fourth-order valence-electron chi connectivity index (χ4n) is 5.23. The number of aryl methyl sites for hydroxylation is 1. The summed E-state index contributed by atoms with van der Waals surface area (Å²) < 4.78 is 1.26. The lowest BCUT2D eigenvalue weighted by atomic mass is 9.92. The maximum absolute atomic E-state index is 13.4. The quantitative estimate of drug-likeness (QED) is 0.214. The third-order valence-corrected chi connectivity index (χ3v) is 7.08. The van der Waals surface area contributed by atoms with Crippen LogP contribution in [0, 0.1) is 17.0 Å². The van der Waals surface area contributed by atoms with E-state index in [4.69, 9.17) is 0 Å². The van der Waals surface area contributed by atoms with E-state index in [2.05, 4.69) is 21.4 Å². The van der Waals surface area contributed by atoms with Crippen LogP contribution in [-0.2, 0) is 6.54 Å². The van der Waals surface area contributed by atoms with Crippen molar-refractivity contribution in [1.29, 1.82) is 0 Å². The molecule has 11 nitrogen and oxygen atoms in total. The summed E-state index contributed by atoms with van der Waals surface area (Å²) in [5.74, 6) is -0.894. The van der Waals surface area contributed by atoms with Crippen molar-refractivity contribution in [3.8, 4) is 0 Å². The minimum Gasteiger partial charge on any atom is -0.387 e. The molecule has 1 N–H and O–H groups in total. The Balaban J connectivity index is 1.41. The number of amides is 2. The molecule has 0 radical (unpaired) electrons. The predicted molar refractivity (Wildman–Crippen MR) is 138 cm³/mol. The number of aromatic nitrogens is 2. The Bertz CT molecular complexity index is 1390. The van der Waals surface area contributed by atoms with Gasteiger partial charge in [-0.15, -0.1) is 6.58 Å². The van der Waals surface area contributed by atoms with Crippen LogP contribution in [0.15, 0.2) is 49.2 Å². The van der Waals surface area contributed by atoms with E-state index in [9.17, 15) is 24.8 Å². The number of hydrogen-bond donors (Lipinski definition) is 1. The number of nitro groups is 1. The Labute approximate surface area is 213 Å². The Morgan fingerprint density at radius 1 is 1.11 bits per heavy atom. The molecule has 3 aromatic rings. The van der Waals surface area contributed by atoms with Crippen molar-refractivity contribution in [2.24, 2.45) is 0 Å². The number of piperazine rings is 1. The molecule has 2 aliphatic heterocycles. The van der Waals surface area contributed by atoms with E-state index in [0.29, 0.717) is 22.3 Å². The molecule has 1 fully saturated rings. The third-order valence-electron chi connectivity index (χ3n) is 7.08. The van der Waals surface area contributed by atoms with Crippen molar-refractivity contribution in [3.63, 3.8) is 0 Å². The van der Waals surface area contributed by atoms with Gasteiger partial charge in [0.2, 0.25) is 0 Å². The van der Waals surface area contributed by atoms with Crippen molar-refractivity contribution in [2.75, 3.05) is 44.2 Å². The van der Waals surface area contributed by atoms with E-state index in [1.807, 2.05) is 18.2 Å². The number of benzene rings is 2. The molecule has 0 aliphatic carbocycles. The average molecular weight is 505 g/mol. The van der Waals surface area contributed by atoms with Gasteiger partial charge >= 0.3 is 5.82 Å². The Morgan fingerprint density at radius 3 is 2.49 bits per heavy atom. The highest BCUT2D eigenvalue weighted by Crippen LogP contribution is 2.36. The normalized spacial score (nSPS) is 16.9. The van der Waals surface area contributed by atoms with Crippen LogP contribution in [-0.4, -0.2) is 86.6 Å². The number of aliphatic hydroxyl groups is 1. The first-order valence-electron chi connectivity index (χ1n) is 12.1. The molecule has 1 unspecified atom stereocenters. The molecule has 0 spiro atoms. The van der Waals surface area contributed by atoms with Gasteiger partial charge in [-0.2, -0.15) is 0 Å². The van der Waals surface area contributed by atoms with E-state index in [-0.39, 0.29) is 18.9 Å². The number of aliphatic hydroxyl groups excluding tert-OH is 1. The minimum absolute atomic E-state index is 0.174. The first kappa shape index (κ1) is 24.6. The van der Waals surface area contributed by atoms with E-state index in [0.717, 1.165) is 54.9 Å². The van der Waals surface area contributed by atoms with E-state index in [1.54, 1.807) is 25.1 Å². The molecule has 3 heterocycles. The fraction of sp³-hybridized carbons (Fsp3) is 0.346. The lowest BCUT2D eigenvalue weighted by Gasteiger charge is -2.37. The molecule has 2 aliphatic rings. The number of hydrogen-bond acceptors (Lipinski definition) is 8. The monoisotopic (exact) mass is 504 g/mol. The van der Waals surface area contributed by atoms with Crippen molar-refractivity contribution >= 4 is 34.1 Å². The summed E-state index contributed by atoms with van der Waals surface area (Å²) in [6, 6.07) is 9.09. The van der Waals surface area contributed by atoms with Crippen molar-refractivity contribution in [2.45, 2.75) is 19.6 Å². The first-order valence-corrected chi connectivity index (χ1v) is 12.1. The molecule has 0 saturated carbocycles. The maximum Gasteiger partial charge on any atom is 0.342 e. The lowest BCUT2D eigenvalue weighted by Crippen LogP contribution is -2.47. The third kappa shape index (κ3) is 4.36. The molecule has 192 valence electrons. The van der Waals surface area contributed by atoms with Crippen LogP contribution >= 0.6 is 0 Å². The van der Waals surface area contributed by atoms with Crippen LogP contribution in [0.3, 0.4) is 0 Å². The van der Waals surface area contributed by atoms with Crippen molar-refractivity contribution in [1.82, 2.24) is 19.4 Å². The lowest BCUT2D eigenvalue weighted by molar-refractivity contribution is -0.392. The van der Waals surface area contributed by atoms with Gasteiger partial charge in [0.25, 0.3) is 11.8 Å². The summed E-state index contributed by atoms with van der Waals surface area (Å²) in [6.07, 6.45) is 1.80. The smallest absolute Gasteiger partial charge is 0.342 e. The van der Waals surface area contributed by atoms with Crippen LogP contribution in [0.25, 0.3) is 10.8 Å². The molecule has 5 rings (SSSR count). The predicted octanol–water partition coefficient (Wildman–Crippen LogP) is 2.22. The molecule has 11 heteroatoms. The number of imide groups is 1. The van der Waals surface area contributed by atoms with Crippen LogP contribution < -0.4 is 4.90 Å². The van der Waals surface area contributed by atoms with Gasteiger partial charge in [0.15, 0.2) is 5.82 Å². The summed E-state index contributed by atoms with van der Waals surface area (Å²) in [5.41, 5.74) is 1.78. The number of carbonyl (C=O) groups is 2. The first-order chi connectivity index (χ1) is 17.8. The zero-order valence-corrected chi connectivity index (χ0v) is 20.5. The van der Waals surface area contributed by atoms with Crippen molar-refractivity contribution < 1.29 is 19.6 Å². The van der Waals surface area contributed by atoms with Gasteiger partial charge < -0.3 is 20.1 Å². The SMILES string of the molecule is C=CCN1CCN(c2ccc3c4c(cccc24)C(=O)N(CC(O)Cn2c([N+](=O)[O-])cnc2C)C3=O)CC1. The Morgan fingerprint density at radius 2 is 1.81 bits per heavy atom. The van der Waals surface area contributed by atoms with Crippen LogP contribution in [0.4, 0.5) is 11.5 Å². The average Bonchev–Trinajstić information content (AvgIpc) is 3.25. The topological polar surface area (TPSA) is 125 Å². The summed E-state index contributed by atoms with van der Waals surface area (Å²) >= 11 is 0. The highest BCUT2D eigenvalue weighted by molar-refractivity contribution is 6.26. The fourth-order valence-corrected chi connectivity index (χ4v) is 5.23. The molecule has 37 heavy (non-hydrogen) atoms. The van der Waals surface area contributed by atoms with Gasteiger partial charge in [-0.1, -0.05) is 18.2 Å². The second-order valence-electron chi connectivity index (χ2n) is 9.34. The van der Waals surface area contributed by atoms with Gasteiger partial charge in [-0.3, -0.25) is 19.4 Å². The number of carbonyl (C=O) groups excluding carboxylic acids is 2. The minimum atomic E-state index is -1.22. The Hall–Kier alpha value is -4.09. The number of imidazole rings is 1. The number of rotatable bonds is 8. The van der Waals surface area contributed by atoms with E-state index < -0.39 is 22.8 Å². The number of nitrogens with zero attached hydrogens (tertiary/aromatic N) is 6. The molecular formula is C26H28N6O5. The largest absolute Gasteiger partial charge is 0.387 e. The van der Waals surface area contributed by atoms with Gasteiger partial charge in [0, 0.05) is 67.2 Å². The van der Waals surface area contributed by atoms with Gasteiger partial charge in [-0.05, 0) is 23.1 Å². The van der Waals surface area contributed by atoms with Gasteiger partial charge in [-0.25, -0.2) is 9.55 Å². The highest BCUT2D eigenvalue weighted by Gasteiger charge is 2.36. The molecule has 1 atom stereocenters. The molecule has 1 saturated heterocycles. The molecule has 0 bridgehead atoms. The standard InChI is InChI=1S/C26H28N6O5/c1-3-9-28-10-12-29(13-11-28)22-8-7-21-24-19(22)5-4-6-20(24)25(34)31(26(21)35)16-18(33)15-30-17(2)27-14-23(30)32(36)37/h3-8,14,18,33H,1,9-13,15-16H2,2H3. The summed E-state index contributed by atoms with van der Waals surface area (Å²) in [4.78, 5) is 47.1.